The third-order valence-electron chi connectivity index (χ3n) is 5.81. The number of anilines is 2. The van der Waals surface area contributed by atoms with Crippen LogP contribution >= 0.6 is 0 Å². The Bertz CT molecular complexity index is 1060. The van der Waals surface area contributed by atoms with Gasteiger partial charge in [-0.1, -0.05) is 24.3 Å². The maximum absolute atomic E-state index is 12.6. The van der Waals surface area contributed by atoms with E-state index in [1.807, 2.05) is 18.2 Å². The first-order valence-electron chi connectivity index (χ1n) is 10.7. The average molecular weight is 442 g/mol. The molecule has 2 amide bonds. The van der Waals surface area contributed by atoms with Gasteiger partial charge in [-0.25, -0.2) is 8.42 Å². The highest BCUT2D eigenvalue weighted by Gasteiger charge is 2.27. The maximum Gasteiger partial charge on any atom is 0.243 e. The summed E-state index contributed by atoms with van der Waals surface area (Å²) >= 11 is 0. The molecule has 2 aromatic carbocycles. The Labute approximate surface area is 183 Å². The van der Waals surface area contributed by atoms with E-state index in [2.05, 4.69) is 5.32 Å². The lowest BCUT2D eigenvalue weighted by atomic mass is 10.1. The summed E-state index contributed by atoms with van der Waals surface area (Å²) in [4.78, 5) is 26.6. The van der Waals surface area contributed by atoms with Crippen molar-refractivity contribution in [2.45, 2.75) is 43.4 Å². The van der Waals surface area contributed by atoms with Gasteiger partial charge in [0.1, 0.15) is 0 Å². The third kappa shape index (κ3) is 4.80. The monoisotopic (exact) mass is 441 g/mol. The van der Waals surface area contributed by atoms with Crippen molar-refractivity contribution in [2.75, 3.05) is 29.9 Å². The van der Waals surface area contributed by atoms with E-state index < -0.39 is 10.0 Å². The number of sulfonamides is 1. The molecule has 2 heterocycles. The number of aryl methyl sites for hydroxylation is 1. The Kier molecular flexibility index (Phi) is 6.38. The second-order valence-corrected chi connectivity index (χ2v) is 9.91. The van der Waals surface area contributed by atoms with Crippen molar-refractivity contribution in [3.05, 3.63) is 54.1 Å². The predicted octanol–water partition coefficient (Wildman–Crippen LogP) is 3.17. The van der Waals surface area contributed by atoms with E-state index in [1.54, 1.807) is 35.2 Å². The number of nitrogens with one attached hydrogen (secondary N) is 1. The van der Waals surface area contributed by atoms with Gasteiger partial charge in [0.05, 0.1) is 16.3 Å². The second kappa shape index (κ2) is 9.20. The van der Waals surface area contributed by atoms with Crippen LogP contribution in [0.5, 0.6) is 0 Å². The van der Waals surface area contributed by atoms with E-state index in [0.29, 0.717) is 43.1 Å². The van der Waals surface area contributed by atoms with Crippen LogP contribution in [0.2, 0.25) is 0 Å². The fourth-order valence-corrected chi connectivity index (χ4v) is 5.61. The second-order valence-electron chi connectivity index (χ2n) is 7.97. The molecule has 0 atom stereocenters. The summed E-state index contributed by atoms with van der Waals surface area (Å²) in [5.74, 6) is -0.0708. The normalized spacial score (nSPS) is 17.3. The van der Waals surface area contributed by atoms with E-state index in [4.69, 9.17) is 0 Å². The van der Waals surface area contributed by atoms with Gasteiger partial charge < -0.3 is 10.2 Å². The van der Waals surface area contributed by atoms with Gasteiger partial charge in [0.25, 0.3) is 0 Å². The smallest absolute Gasteiger partial charge is 0.243 e. The molecule has 2 saturated heterocycles. The molecule has 0 saturated carbocycles. The summed E-state index contributed by atoms with van der Waals surface area (Å²) in [7, 11) is -3.42. The minimum atomic E-state index is -3.42. The standard InChI is InChI=1S/C23H27N3O4S/c27-22(24-20-6-1-2-7-21(20)26-17-5-8-23(26)28)14-11-18-9-12-19(13-10-18)31(29,30)25-15-3-4-16-25/h1-2,6-7,9-10,12-13H,3-5,8,11,14-17H2,(H,24,27). The van der Waals surface area contributed by atoms with Crippen LogP contribution in [0, 0.1) is 0 Å². The van der Waals surface area contributed by atoms with Crippen LogP contribution in [-0.4, -0.2) is 44.2 Å². The van der Waals surface area contributed by atoms with Crippen molar-refractivity contribution in [1.82, 2.24) is 4.31 Å². The van der Waals surface area contributed by atoms with Crippen molar-refractivity contribution < 1.29 is 18.0 Å². The summed E-state index contributed by atoms with van der Waals surface area (Å²) in [6, 6.07) is 14.1. The van der Waals surface area contributed by atoms with Crippen molar-refractivity contribution in [3.63, 3.8) is 0 Å². The molecule has 2 fully saturated rings. The SMILES string of the molecule is O=C(CCc1ccc(S(=O)(=O)N2CCCC2)cc1)Nc1ccccc1N1CCCC1=O. The van der Waals surface area contributed by atoms with E-state index in [-0.39, 0.29) is 18.2 Å². The van der Waals surface area contributed by atoms with E-state index >= 15 is 0 Å². The van der Waals surface area contributed by atoms with Gasteiger partial charge in [0.2, 0.25) is 21.8 Å². The van der Waals surface area contributed by atoms with Gasteiger partial charge in [-0.05, 0) is 55.5 Å². The first kappa shape index (κ1) is 21.5. The van der Waals surface area contributed by atoms with Gasteiger partial charge in [-0.3, -0.25) is 9.59 Å². The lowest BCUT2D eigenvalue weighted by Crippen LogP contribution is -2.27. The molecule has 0 aromatic heterocycles. The number of benzene rings is 2. The zero-order valence-electron chi connectivity index (χ0n) is 17.4. The van der Waals surface area contributed by atoms with Gasteiger partial charge in [0.15, 0.2) is 0 Å². The molecule has 0 aliphatic carbocycles. The van der Waals surface area contributed by atoms with E-state index in [0.717, 1.165) is 30.5 Å². The Morgan fingerprint density at radius 3 is 2.32 bits per heavy atom. The fourth-order valence-electron chi connectivity index (χ4n) is 4.09. The number of para-hydroxylation sites is 2. The molecule has 0 bridgehead atoms. The first-order valence-corrected chi connectivity index (χ1v) is 12.2. The Morgan fingerprint density at radius 1 is 0.935 bits per heavy atom. The highest BCUT2D eigenvalue weighted by Crippen LogP contribution is 2.29. The van der Waals surface area contributed by atoms with Crippen LogP contribution in [0.25, 0.3) is 0 Å². The lowest BCUT2D eigenvalue weighted by molar-refractivity contribution is -0.117. The lowest BCUT2D eigenvalue weighted by Gasteiger charge is -2.20. The van der Waals surface area contributed by atoms with Gasteiger partial charge in [-0.15, -0.1) is 0 Å². The molecular formula is C23H27N3O4S. The quantitative estimate of drug-likeness (QED) is 0.715. The van der Waals surface area contributed by atoms with Crippen molar-refractivity contribution in [3.8, 4) is 0 Å². The molecule has 2 aromatic rings. The molecule has 2 aliphatic rings. The molecule has 31 heavy (non-hydrogen) atoms. The van der Waals surface area contributed by atoms with Crippen LogP contribution in [0.15, 0.2) is 53.4 Å². The van der Waals surface area contributed by atoms with Crippen LogP contribution in [-0.2, 0) is 26.0 Å². The first-order chi connectivity index (χ1) is 14.9. The van der Waals surface area contributed by atoms with Crippen LogP contribution in [0.1, 0.15) is 37.7 Å². The number of hydrogen-bond donors (Lipinski definition) is 1. The highest BCUT2D eigenvalue weighted by molar-refractivity contribution is 7.89. The molecule has 7 nitrogen and oxygen atoms in total. The zero-order chi connectivity index (χ0) is 21.8. The summed E-state index contributed by atoms with van der Waals surface area (Å²) in [5, 5.41) is 2.92. The van der Waals surface area contributed by atoms with Crippen molar-refractivity contribution in [1.29, 1.82) is 0 Å². The minimum Gasteiger partial charge on any atom is -0.324 e. The van der Waals surface area contributed by atoms with Crippen molar-refractivity contribution >= 4 is 33.2 Å². The molecule has 2 aliphatic heterocycles. The molecular weight excluding hydrogens is 414 g/mol. The maximum atomic E-state index is 12.6. The molecule has 0 spiro atoms. The Hall–Kier alpha value is -2.71. The number of carbonyl (C=O) groups excluding carboxylic acids is 2. The summed E-state index contributed by atoms with van der Waals surface area (Å²) in [6.07, 6.45) is 3.93. The van der Waals surface area contributed by atoms with E-state index in [1.165, 1.54) is 4.31 Å². The number of rotatable bonds is 7. The van der Waals surface area contributed by atoms with Crippen LogP contribution in [0.4, 0.5) is 11.4 Å². The van der Waals surface area contributed by atoms with Crippen LogP contribution in [0.3, 0.4) is 0 Å². The molecule has 0 unspecified atom stereocenters. The topological polar surface area (TPSA) is 86.8 Å². The summed E-state index contributed by atoms with van der Waals surface area (Å²) < 4.78 is 26.8. The predicted molar refractivity (Wildman–Crippen MR) is 119 cm³/mol. The number of nitrogens with zero attached hydrogens (tertiary/aromatic N) is 2. The Balaban J connectivity index is 1.36. The molecule has 164 valence electrons. The highest BCUT2D eigenvalue weighted by atomic mass is 32.2. The zero-order valence-corrected chi connectivity index (χ0v) is 18.2. The van der Waals surface area contributed by atoms with Crippen LogP contribution < -0.4 is 10.2 Å². The summed E-state index contributed by atoms with van der Waals surface area (Å²) in [6.45, 7) is 1.82. The Morgan fingerprint density at radius 2 is 1.65 bits per heavy atom. The molecule has 4 rings (SSSR count). The number of amides is 2. The minimum absolute atomic E-state index is 0.0747. The van der Waals surface area contributed by atoms with E-state index in [9.17, 15) is 18.0 Å². The van der Waals surface area contributed by atoms with Gasteiger partial charge in [0, 0.05) is 32.5 Å². The molecule has 0 radical (unpaired) electrons. The van der Waals surface area contributed by atoms with Crippen molar-refractivity contribution in [2.24, 2.45) is 0 Å². The molecule has 8 heteroatoms. The third-order valence-corrected chi connectivity index (χ3v) is 7.72. The number of hydrogen-bond acceptors (Lipinski definition) is 4. The summed E-state index contributed by atoms with van der Waals surface area (Å²) in [5.41, 5.74) is 2.27. The number of carbonyl (C=O) groups is 2. The average Bonchev–Trinajstić information content (AvgIpc) is 3.45. The van der Waals surface area contributed by atoms with Gasteiger partial charge >= 0.3 is 0 Å². The fraction of sp³-hybridized carbons (Fsp3) is 0.391. The van der Waals surface area contributed by atoms with Gasteiger partial charge in [-0.2, -0.15) is 4.31 Å². The largest absolute Gasteiger partial charge is 0.324 e. The molecule has 1 N–H and O–H groups in total.